The molecule has 41 heavy (non-hydrogen) atoms. The number of rotatable bonds is 12. The minimum absolute atomic E-state index is 0.156. The first-order chi connectivity index (χ1) is 19.6. The molecule has 0 unspecified atom stereocenters. The first kappa shape index (κ1) is 31.6. The van der Waals surface area contributed by atoms with Crippen molar-refractivity contribution in [1.82, 2.24) is 0 Å². The molecule has 2 aromatic rings. The summed E-state index contributed by atoms with van der Waals surface area (Å²) in [5, 5.41) is 7.07. The Balaban J connectivity index is 1.26. The van der Waals surface area contributed by atoms with E-state index in [1.54, 1.807) is 0 Å². The molecule has 2 amide bonds. The summed E-state index contributed by atoms with van der Waals surface area (Å²) in [5.41, 5.74) is 3.08. The van der Waals surface area contributed by atoms with E-state index in [1.165, 1.54) is 34.4 Å². The van der Waals surface area contributed by atoms with Gasteiger partial charge in [0.1, 0.15) is 10.0 Å². The minimum Gasteiger partial charge on any atom is -0.459 e. The highest BCUT2D eigenvalue weighted by molar-refractivity contribution is 7.99. The predicted molar refractivity (Wildman–Crippen MR) is 167 cm³/mol. The fraction of sp³-hybridized carbons (Fsp3) is 0.600. The molecule has 0 aliphatic heterocycles. The molecule has 0 fully saturated rings. The van der Waals surface area contributed by atoms with Crippen LogP contribution in [-0.4, -0.2) is 47.5 Å². The normalized spacial score (nSPS) is 14.4. The second-order valence-electron chi connectivity index (χ2n) is 10.9. The molecule has 2 aromatic heterocycles. The maximum absolute atomic E-state index is 12.8. The van der Waals surface area contributed by atoms with E-state index >= 15 is 0 Å². The van der Waals surface area contributed by atoms with E-state index in [0.717, 1.165) is 72.2 Å². The summed E-state index contributed by atoms with van der Waals surface area (Å²) in [5.74, 6) is 0.0441. The lowest BCUT2D eigenvalue weighted by Gasteiger charge is -2.14. The average molecular weight is 621 g/mol. The van der Waals surface area contributed by atoms with Crippen LogP contribution in [0.1, 0.15) is 108 Å². The molecule has 0 aromatic carbocycles. The molecule has 0 saturated carbocycles. The highest BCUT2D eigenvalue weighted by atomic mass is 32.2. The van der Waals surface area contributed by atoms with Gasteiger partial charge in [-0.15, -0.1) is 22.7 Å². The highest BCUT2D eigenvalue weighted by Crippen LogP contribution is 2.40. The summed E-state index contributed by atoms with van der Waals surface area (Å²) >= 11 is 4.50. The molecule has 0 bridgehead atoms. The fourth-order valence-electron chi connectivity index (χ4n) is 5.10. The van der Waals surface area contributed by atoms with Gasteiger partial charge in [-0.05, 0) is 90.2 Å². The second kappa shape index (κ2) is 14.7. The van der Waals surface area contributed by atoms with Crippen molar-refractivity contribution in [3.63, 3.8) is 0 Å². The van der Waals surface area contributed by atoms with Gasteiger partial charge in [-0.2, -0.15) is 11.8 Å². The molecule has 224 valence electrons. The Morgan fingerprint density at radius 2 is 1.07 bits per heavy atom. The molecule has 0 saturated heterocycles. The predicted octanol–water partition coefficient (Wildman–Crippen LogP) is 6.79. The molecule has 2 N–H and O–H groups in total. The maximum Gasteiger partial charge on any atom is 0.341 e. The van der Waals surface area contributed by atoms with Gasteiger partial charge in [0.05, 0.1) is 23.3 Å². The number of esters is 2. The topological polar surface area (TPSA) is 111 Å². The number of aryl methyl sites for hydroxylation is 2. The standard InChI is InChI=1S/C30H40N2O6S3/c1-17(2)37-29(35)25-19-9-5-7-11-21(19)40-27(25)31-23(33)13-15-39-16-14-24(34)32-28-26(30(36)38-18(3)4)20-10-6-8-12-22(20)41-28/h17-18H,5-16H2,1-4H3,(H,31,33)(H,32,34). The van der Waals surface area contributed by atoms with Crippen LogP contribution >= 0.6 is 34.4 Å². The van der Waals surface area contributed by atoms with E-state index in [1.807, 2.05) is 27.7 Å². The number of carbonyl (C=O) groups is 4. The van der Waals surface area contributed by atoms with E-state index in [9.17, 15) is 19.2 Å². The summed E-state index contributed by atoms with van der Waals surface area (Å²) in [7, 11) is 0. The van der Waals surface area contributed by atoms with Crippen molar-refractivity contribution in [2.75, 3.05) is 22.1 Å². The van der Waals surface area contributed by atoms with Gasteiger partial charge in [-0.1, -0.05) is 0 Å². The SMILES string of the molecule is CC(C)OC(=O)c1c(NC(=O)CCSCCC(=O)Nc2sc3c(c2C(=O)OC(C)C)CCCC3)sc2c1CCCC2. The smallest absolute Gasteiger partial charge is 0.341 e. The molecule has 2 aliphatic rings. The number of ether oxygens (including phenoxy) is 2. The Morgan fingerprint density at radius 1 is 0.683 bits per heavy atom. The number of nitrogens with one attached hydrogen (secondary N) is 2. The Bertz CT molecular complexity index is 1180. The minimum atomic E-state index is -0.373. The molecule has 11 heteroatoms. The lowest BCUT2D eigenvalue weighted by Crippen LogP contribution is -2.18. The Labute approximate surface area is 254 Å². The first-order valence-electron chi connectivity index (χ1n) is 14.5. The van der Waals surface area contributed by atoms with Gasteiger partial charge < -0.3 is 20.1 Å². The number of hydrogen-bond acceptors (Lipinski definition) is 9. The third kappa shape index (κ3) is 8.35. The molecule has 8 nitrogen and oxygen atoms in total. The fourth-order valence-corrected chi connectivity index (χ4v) is 8.55. The summed E-state index contributed by atoms with van der Waals surface area (Å²) in [6.45, 7) is 7.28. The van der Waals surface area contributed by atoms with Crippen LogP contribution in [0.5, 0.6) is 0 Å². The Kier molecular flexibility index (Phi) is 11.3. The zero-order chi connectivity index (χ0) is 29.5. The molecule has 4 rings (SSSR count). The van der Waals surface area contributed by atoms with E-state index in [0.29, 0.717) is 32.6 Å². The van der Waals surface area contributed by atoms with Crippen molar-refractivity contribution in [3.05, 3.63) is 32.0 Å². The van der Waals surface area contributed by atoms with E-state index in [2.05, 4.69) is 10.6 Å². The molecule has 0 radical (unpaired) electrons. The number of hydrogen-bond donors (Lipinski definition) is 2. The van der Waals surface area contributed by atoms with Crippen molar-refractivity contribution in [2.45, 2.75) is 104 Å². The van der Waals surface area contributed by atoms with E-state index in [4.69, 9.17) is 9.47 Å². The van der Waals surface area contributed by atoms with Crippen molar-refractivity contribution < 1.29 is 28.7 Å². The van der Waals surface area contributed by atoms with Gasteiger partial charge in [-0.25, -0.2) is 9.59 Å². The van der Waals surface area contributed by atoms with Crippen molar-refractivity contribution in [1.29, 1.82) is 0 Å². The van der Waals surface area contributed by atoms with Gasteiger partial charge in [0, 0.05) is 34.1 Å². The lowest BCUT2D eigenvalue weighted by atomic mass is 9.95. The molecule has 2 aliphatic carbocycles. The van der Waals surface area contributed by atoms with Crippen LogP contribution in [0.2, 0.25) is 0 Å². The number of thioether (sulfide) groups is 1. The third-order valence-corrected chi connectivity index (χ3v) is 10.3. The van der Waals surface area contributed by atoms with Gasteiger partial charge in [0.2, 0.25) is 11.8 Å². The zero-order valence-electron chi connectivity index (χ0n) is 24.3. The average Bonchev–Trinajstić information content (AvgIpc) is 3.45. The van der Waals surface area contributed by atoms with Gasteiger partial charge >= 0.3 is 11.9 Å². The molecular formula is C30H40N2O6S3. The Hall–Kier alpha value is -2.37. The van der Waals surface area contributed by atoms with Crippen LogP contribution in [0.3, 0.4) is 0 Å². The molecule has 2 heterocycles. The molecule has 0 atom stereocenters. The van der Waals surface area contributed by atoms with Crippen LogP contribution in [0.25, 0.3) is 0 Å². The highest BCUT2D eigenvalue weighted by Gasteiger charge is 2.29. The van der Waals surface area contributed by atoms with Crippen LogP contribution < -0.4 is 10.6 Å². The summed E-state index contributed by atoms with van der Waals surface area (Å²) < 4.78 is 10.9. The van der Waals surface area contributed by atoms with Crippen LogP contribution in [0.15, 0.2) is 0 Å². The summed E-state index contributed by atoms with van der Waals surface area (Å²) in [6, 6.07) is 0. The third-order valence-electron chi connectivity index (χ3n) is 6.89. The molecular weight excluding hydrogens is 581 g/mol. The monoisotopic (exact) mass is 620 g/mol. The van der Waals surface area contributed by atoms with Crippen LogP contribution in [0, 0.1) is 0 Å². The number of anilines is 2. The number of amides is 2. The number of fused-ring (bicyclic) bond motifs is 2. The summed E-state index contributed by atoms with van der Waals surface area (Å²) in [6.07, 6.45) is 7.82. The second-order valence-corrected chi connectivity index (χ2v) is 14.4. The van der Waals surface area contributed by atoms with Crippen LogP contribution in [0.4, 0.5) is 10.0 Å². The largest absolute Gasteiger partial charge is 0.459 e. The first-order valence-corrected chi connectivity index (χ1v) is 17.3. The quantitative estimate of drug-likeness (QED) is 0.199. The lowest BCUT2D eigenvalue weighted by molar-refractivity contribution is -0.116. The maximum atomic E-state index is 12.8. The van der Waals surface area contributed by atoms with Crippen molar-refractivity contribution in [3.8, 4) is 0 Å². The number of thiophene rings is 2. The Morgan fingerprint density at radius 3 is 1.46 bits per heavy atom. The van der Waals surface area contributed by atoms with Crippen LogP contribution in [-0.2, 0) is 44.7 Å². The van der Waals surface area contributed by atoms with Crippen molar-refractivity contribution in [2.24, 2.45) is 0 Å². The van der Waals surface area contributed by atoms with Crippen molar-refractivity contribution >= 4 is 68.2 Å². The number of carbonyl (C=O) groups excluding carboxylic acids is 4. The van der Waals surface area contributed by atoms with Gasteiger partial charge in [0.15, 0.2) is 0 Å². The molecule has 0 spiro atoms. The van der Waals surface area contributed by atoms with Gasteiger partial charge in [0.25, 0.3) is 0 Å². The summed E-state index contributed by atoms with van der Waals surface area (Å²) in [4.78, 5) is 53.4. The van der Waals surface area contributed by atoms with Gasteiger partial charge in [-0.3, -0.25) is 9.59 Å². The van der Waals surface area contributed by atoms with E-state index < -0.39 is 0 Å². The zero-order valence-corrected chi connectivity index (χ0v) is 26.8. The van der Waals surface area contributed by atoms with E-state index in [-0.39, 0.29) is 48.8 Å².